The summed E-state index contributed by atoms with van der Waals surface area (Å²) in [4.78, 5) is 27.6. The summed E-state index contributed by atoms with van der Waals surface area (Å²) in [7, 11) is -3.76. The van der Waals surface area contributed by atoms with Gasteiger partial charge in [-0.2, -0.15) is 0 Å². The quantitative estimate of drug-likeness (QED) is 0.479. The molecule has 8 heteroatoms. The third-order valence-corrected chi connectivity index (χ3v) is 9.38. The highest BCUT2D eigenvalue weighted by Gasteiger charge is 2.35. The normalized spacial score (nSPS) is 17.1. The SMILES string of the molecule is O=C1CCCC(S(=O)(=O)Cc2cccs2)=C1C(=O)c1ccc2c(c1Cl)CCS2. The largest absolute Gasteiger partial charge is 0.294 e. The van der Waals surface area contributed by atoms with Crippen molar-refractivity contribution < 1.29 is 18.0 Å². The van der Waals surface area contributed by atoms with E-state index in [-0.39, 0.29) is 34.6 Å². The molecule has 2 heterocycles. The van der Waals surface area contributed by atoms with Gasteiger partial charge in [0.15, 0.2) is 21.4 Å². The minimum atomic E-state index is -3.76. The van der Waals surface area contributed by atoms with Crippen LogP contribution in [0.25, 0.3) is 0 Å². The minimum absolute atomic E-state index is 0.0342. The van der Waals surface area contributed by atoms with Gasteiger partial charge < -0.3 is 0 Å². The molecule has 4 rings (SSSR count). The van der Waals surface area contributed by atoms with Crippen molar-refractivity contribution >= 4 is 56.1 Å². The van der Waals surface area contributed by atoms with Gasteiger partial charge in [-0.15, -0.1) is 23.1 Å². The topological polar surface area (TPSA) is 68.3 Å². The Bertz CT molecular complexity index is 1100. The summed E-state index contributed by atoms with van der Waals surface area (Å²) in [5, 5.41) is 2.15. The standard InChI is InChI=1S/C20H17ClO4S3/c21-19-13-8-10-27-16(13)7-6-14(19)20(23)18-15(22)4-1-5-17(18)28(24,25)11-12-3-2-9-26-12/h2-3,6-7,9H,1,4-5,8,10-11H2. The Morgan fingerprint density at radius 1 is 1.14 bits per heavy atom. The molecule has 1 aromatic heterocycles. The van der Waals surface area contributed by atoms with Crippen LogP contribution in [0, 0.1) is 0 Å². The number of fused-ring (bicyclic) bond motifs is 1. The number of thiophene rings is 1. The van der Waals surface area contributed by atoms with Crippen molar-refractivity contribution in [1.82, 2.24) is 0 Å². The Balaban J connectivity index is 1.80. The van der Waals surface area contributed by atoms with E-state index in [9.17, 15) is 18.0 Å². The average molecular weight is 453 g/mol. The molecule has 4 nitrogen and oxygen atoms in total. The second-order valence-electron chi connectivity index (χ2n) is 6.74. The van der Waals surface area contributed by atoms with E-state index in [1.807, 2.05) is 6.07 Å². The van der Waals surface area contributed by atoms with Gasteiger partial charge in [-0.05, 0) is 48.4 Å². The maximum Gasteiger partial charge on any atom is 0.199 e. The third kappa shape index (κ3) is 3.61. The second kappa shape index (κ2) is 7.78. The Kier molecular flexibility index (Phi) is 5.53. The van der Waals surface area contributed by atoms with Crippen molar-refractivity contribution in [1.29, 1.82) is 0 Å². The van der Waals surface area contributed by atoms with E-state index < -0.39 is 21.4 Å². The number of sulfone groups is 1. The number of Topliss-reactive ketones (excluding diaryl/α,β-unsaturated/α-hetero) is 2. The van der Waals surface area contributed by atoms with E-state index in [1.165, 1.54) is 11.3 Å². The molecular weight excluding hydrogens is 436 g/mol. The third-order valence-electron chi connectivity index (χ3n) is 4.93. The van der Waals surface area contributed by atoms with Crippen molar-refractivity contribution in [2.24, 2.45) is 0 Å². The zero-order valence-electron chi connectivity index (χ0n) is 14.9. The lowest BCUT2D eigenvalue weighted by atomic mass is 9.91. The van der Waals surface area contributed by atoms with Crippen LogP contribution in [0.2, 0.25) is 5.02 Å². The molecule has 0 unspecified atom stereocenters. The number of hydrogen-bond donors (Lipinski definition) is 0. The fourth-order valence-electron chi connectivity index (χ4n) is 3.59. The lowest BCUT2D eigenvalue weighted by molar-refractivity contribution is -0.115. The molecule has 0 bridgehead atoms. The van der Waals surface area contributed by atoms with Crippen LogP contribution < -0.4 is 0 Å². The van der Waals surface area contributed by atoms with Gasteiger partial charge in [0.1, 0.15) is 0 Å². The number of ketones is 2. The number of thioether (sulfide) groups is 1. The van der Waals surface area contributed by atoms with Crippen molar-refractivity contribution in [2.75, 3.05) is 5.75 Å². The van der Waals surface area contributed by atoms with Crippen LogP contribution in [-0.2, 0) is 26.8 Å². The van der Waals surface area contributed by atoms with Crippen LogP contribution in [0.15, 0.2) is 45.0 Å². The summed E-state index contributed by atoms with van der Waals surface area (Å²) in [5.41, 5.74) is 0.927. The highest BCUT2D eigenvalue weighted by atomic mass is 35.5. The Morgan fingerprint density at radius 2 is 1.96 bits per heavy atom. The molecular formula is C20H17ClO4S3. The number of carbonyl (C=O) groups is 2. The molecule has 0 radical (unpaired) electrons. The smallest absolute Gasteiger partial charge is 0.199 e. The van der Waals surface area contributed by atoms with Crippen LogP contribution in [0.1, 0.15) is 40.1 Å². The first-order chi connectivity index (χ1) is 13.4. The molecule has 0 atom stereocenters. The van der Waals surface area contributed by atoms with E-state index in [0.717, 1.165) is 22.6 Å². The summed E-state index contributed by atoms with van der Waals surface area (Å²) in [6.07, 6.45) is 1.58. The van der Waals surface area contributed by atoms with Gasteiger partial charge in [-0.3, -0.25) is 9.59 Å². The van der Waals surface area contributed by atoms with Crippen LogP contribution >= 0.6 is 34.7 Å². The molecule has 2 aliphatic rings. The number of benzene rings is 1. The fraction of sp³-hybridized carbons (Fsp3) is 0.300. The van der Waals surface area contributed by atoms with Crippen molar-refractivity contribution in [3.63, 3.8) is 0 Å². The monoisotopic (exact) mass is 452 g/mol. The van der Waals surface area contributed by atoms with Crippen LogP contribution in [0.4, 0.5) is 0 Å². The number of carbonyl (C=O) groups excluding carboxylic acids is 2. The Hall–Kier alpha value is -1.41. The van der Waals surface area contributed by atoms with E-state index in [1.54, 1.807) is 35.3 Å². The molecule has 0 saturated heterocycles. The molecule has 0 saturated carbocycles. The number of rotatable bonds is 5. The van der Waals surface area contributed by atoms with Gasteiger partial charge in [-0.1, -0.05) is 17.7 Å². The highest BCUT2D eigenvalue weighted by molar-refractivity contribution is 7.99. The van der Waals surface area contributed by atoms with Gasteiger partial charge in [0.05, 0.1) is 21.3 Å². The van der Waals surface area contributed by atoms with Gasteiger partial charge >= 0.3 is 0 Å². The first-order valence-electron chi connectivity index (χ1n) is 8.89. The molecule has 0 fully saturated rings. The van der Waals surface area contributed by atoms with Crippen molar-refractivity contribution in [3.8, 4) is 0 Å². The maximum absolute atomic E-state index is 13.3. The van der Waals surface area contributed by atoms with E-state index in [4.69, 9.17) is 11.6 Å². The Labute approximate surface area is 176 Å². The lowest BCUT2D eigenvalue weighted by Gasteiger charge is -2.19. The van der Waals surface area contributed by atoms with E-state index in [2.05, 4.69) is 0 Å². The van der Waals surface area contributed by atoms with Gasteiger partial charge in [-0.25, -0.2) is 8.42 Å². The zero-order chi connectivity index (χ0) is 19.9. The first-order valence-corrected chi connectivity index (χ1v) is 12.8. The van der Waals surface area contributed by atoms with Crippen molar-refractivity contribution in [2.45, 2.75) is 36.3 Å². The number of hydrogen-bond acceptors (Lipinski definition) is 6. The van der Waals surface area contributed by atoms with Crippen LogP contribution in [0.5, 0.6) is 0 Å². The number of allylic oxidation sites excluding steroid dienone is 2. The fourth-order valence-corrected chi connectivity index (χ4v) is 7.91. The summed E-state index contributed by atoms with van der Waals surface area (Å²) in [6.45, 7) is 0. The lowest BCUT2D eigenvalue weighted by Crippen LogP contribution is -2.24. The van der Waals surface area contributed by atoms with Crippen molar-refractivity contribution in [3.05, 3.63) is 61.2 Å². The molecule has 0 amide bonds. The van der Waals surface area contributed by atoms with Gasteiger partial charge in [0, 0.05) is 27.5 Å². The van der Waals surface area contributed by atoms with E-state index >= 15 is 0 Å². The first kappa shape index (κ1) is 19.9. The number of halogens is 1. The molecule has 2 aromatic rings. The molecule has 1 aliphatic carbocycles. The van der Waals surface area contributed by atoms with Gasteiger partial charge in [0.25, 0.3) is 0 Å². The summed E-state index contributed by atoms with van der Waals surface area (Å²) >= 11 is 9.49. The van der Waals surface area contributed by atoms with Crippen LogP contribution in [0.3, 0.4) is 0 Å². The molecule has 1 aromatic carbocycles. The van der Waals surface area contributed by atoms with Gasteiger partial charge in [0.2, 0.25) is 0 Å². The molecule has 0 spiro atoms. The average Bonchev–Trinajstić information content (AvgIpc) is 3.33. The predicted octanol–water partition coefficient (Wildman–Crippen LogP) is 4.85. The second-order valence-corrected chi connectivity index (χ2v) is 11.3. The summed E-state index contributed by atoms with van der Waals surface area (Å²) in [6, 6.07) is 6.97. The molecule has 1 aliphatic heterocycles. The molecule has 146 valence electrons. The molecule has 28 heavy (non-hydrogen) atoms. The zero-order valence-corrected chi connectivity index (χ0v) is 18.1. The Morgan fingerprint density at radius 3 is 2.71 bits per heavy atom. The highest BCUT2D eigenvalue weighted by Crippen LogP contribution is 2.39. The molecule has 0 N–H and O–H groups in total. The predicted molar refractivity (Wildman–Crippen MR) is 113 cm³/mol. The maximum atomic E-state index is 13.3. The summed E-state index contributed by atoms with van der Waals surface area (Å²) in [5.74, 6) is -0.279. The minimum Gasteiger partial charge on any atom is -0.294 e. The summed E-state index contributed by atoms with van der Waals surface area (Å²) < 4.78 is 26.0. The van der Waals surface area contributed by atoms with E-state index in [0.29, 0.717) is 16.3 Å². The van der Waals surface area contributed by atoms with Crippen LogP contribution in [-0.4, -0.2) is 25.7 Å².